The molecule has 1 aromatic rings. The molecule has 1 fully saturated rings. The number of ether oxygens (including phenoxy) is 3. The Labute approximate surface area is 157 Å². The normalized spacial score (nSPS) is 31.1. The van der Waals surface area contributed by atoms with Crippen LogP contribution in [0.4, 0.5) is 0 Å². The molecule has 1 saturated heterocycles. The predicted molar refractivity (Wildman–Crippen MR) is 96.2 cm³/mol. The number of hydrogen-bond donors (Lipinski definition) is 0. The number of methoxy groups -OCH3 is 1. The fourth-order valence-electron chi connectivity index (χ4n) is 4.02. The Balaban J connectivity index is 1.87. The molecule has 0 saturated carbocycles. The van der Waals surface area contributed by atoms with Crippen molar-refractivity contribution in [3.05, 3.63) is 59.1 Å². The fourth-order valence-corrected chi connectivity index (χ4v) is 4.02. The maximum atomic E-state index is 12.4. The van der Waals surface area contributed by atoms with Crippen molar-refractivity contribution in [3.8, 4) is 0 Å². The highest BCUT2D eigenvalue weighted by Gasteiger charge is 2.53. The van der Waals surface area contributed by atoms with Crippen LogP contribution in [0.1, 0.15) is 41.6 Å². The van der Waals surface area contributed by atoms with Gasteiger partial charge in [-0.15, -0.1) is 0 Å². The van der Waals surface area contributed by atoms with Gasteiger partial charge in [-0.3, -0.25) is 0 Å². The zero-order chi connectivity index (χ0) is 19.5. The standard InChI is InChI=1S/C21H22O6/c1-9(2)11-6-14-12(20(22)24-5)7-15(25-14)17(10(3)4)16-8-13(21(23)26-16)19-18(11)27-19/h7-8,11,16-19H,1,3,6H2,2,4-5H3/t11-,16-,17+,18+,19+/m1/s1. The summed E-state index contributed by atoms with van der Waals surface area (Å²) in [5, 5.41) is 0. The number of carbonyl (C=O) groups excluding carboxylic acids is 2. The molecular formula is C21H22O6. The fraction of sp³-hybridized carbons (Fsp3) is 0.429. The van der Waals surface area contributed by atoms with E-state index in [1.54, 1.807) is 12.1 Å². The van der Waals surface area contributed by atoms with Gasteiger partial charge in [-0.05, 0) is 26.0 Å². The maximum Gasteiger partial charge on any atom is 0.341 e. The van der Waals surface area contributed by atoms with E-state index in [1.807, 2.05) is 13.8 Å². The van der Waals surface area contributed by atoms with E-state index in [9.17, 15) is 9.59 Å². The largest absolute Gasteiger partial charge is 0.465 e. The van der Waals surface area contributed by atoms with Crippen LogP contribution < -0.4 is 0 Å². The van der Waals surface area contributed by atoms with Gasteiger partial charge >= 0.3 is 11.9 Å². The van der Waals surface area contributed by atoms with Crippen LogP contribution in [0.2, 0.25) is 0 Å². The summed E-state index contributed by atoms with van der Waals surface area (Å²) in [6.07, 6.45) is 1.19. The third-order valence-corrected chi connectivity index (χ3v) is 5.49. The minimum atomic E-state index is -0.541. The van der Waals surface area contributed by atoms with Gasteiger partial charge in [0.05, 0.1) is 24.7 Å². The third kappa shape index (κ3) is 2.84. The van der Waals surface area contributed by atoms with Crippen molar-refractivity contribution in [2.75, 3.05) is 7.11 Å². The molecule has 5 atom stereocenters. The van der Waals surface area contributed by atoms with Gasteiger partial charge in [0.25, 0.3) is 0 Å². The van der Waals surface area contributed by atoms with Crippen LogP contribution in [-0.4, -0.2) is 37.4 Å². The van der Waals surface area contributed by atoms with E-state index < -0.39 is 12.1 Å². The Morgan fingerprint density at radius 3 is 2.63 bits per heavy atom. The first-order chi connectivity index (χ1) is 12.8. The lowest BCUT2D eigenvalue weighted by molar-refractivity contribution is -0.140. The highest BCUT2D eigenvalue weighted by Crippen LogP contribution is 2.45. The Hall–Kier alpha value is -2.60. The third-order valence-electron chi connectivity index (χ3n) is 5.49. The van der Waals surface area contributed by atoms with Crippen molar-refractivity contribution in [1.29, 1.82) is 0 Å². The summed E-state index contributed by atoms with van der Waals surface area (Å²) in [6, 6.07) is 1.67. The van der Waals surface area contributed by atoms with Gasteiger partial charge in [-0.1, -0.05) is 24.3 Å². The summed E-state index contributed by atoms with van der Waals surface area (Å²) in [5.41, 5.74) is 2.58. The predicted octanol–water partition coefficient (Wildman–Crippen LogP) is 3.09. The molecule has 142 valence electrons. The monoisotopic (exact) mass is 370 g/mol. The van der Waals surface area contributed by atoms with E-state index in [1.165, 1.54) is 7.11 Å². The highest BCUT2D eigenvalue weighted by atomic mass is 16.6. The van der Waals surface area contributed by atoms with Crippen LogP contribution in [0.3, 0.4) is 0 Å². The molecule has 0 unspecified atom stereocenters. The molecule has 1 aromatic heterocycles. The second kappa shape index (κ2) is 6.23. The lowest BCUT2D eigenvalue weighted by atomic mass is 9.87. The summed E-state index contributed by atoms with van der Waals surface area (Å²) in [5.74, 6) is -0.260. The van der Waals surface area contributed by atoms with Crippen molar-refractivity contribution in [2.24, 2.45) is 5.92 Å². The van der Waals surface area contributed by atoms with E-state index >= 15 is 0 Å². The molecule has 4 rings (SSSR count). The quantitative estimate of drug-likeness (QED) is 0.462. The lowest BCUT2D eigenvalue weighted by Gasteiger charge is -2.20. The molecule has 27 heavy (non-hydrogen) atoms. The Morgan fingerprint density at radius 2 is 2.00 bits per heavy atom. The zero-order valence-corrected chi connectivity index (χ0v) is 15.6. The smallest absolute Gasteiger partial charge is 0.341 e. The number of carbonyl (C=O) groups is 2. The number of epoxide rings is 1. The van der Waals surface area contributed by atoms with Gasteiger partial charge in [-0.2, -0.15) is 0 Å². The first-order valence-electron chi connectivity index (χ1n) is 8.91. The van der Waals surface area contributed by atoms with E-state index in [0.29, 0.717) is 29.1 Å². The molecule has 0 N–H and O–H groups in total. The van der Waals surface area contributed by atoms with Gasteiger partial charge in [0.2, 0.25) is 0 Å². The van der Waals surface area contributed by atoms with Crippen molar-refractivity contribution in [1.82, 2.24) is 0 Å². The van der Waals surface area contributed by atoms with E-state index in [4.69, 9.17) is 18.6 Å². The van der Waals surface area contributed by atoms with Crippen LogP contribution in [-0.2, 0) is 25.4 Å². The number of rotatable bonds is 3. The maximum absolute atomic E-state index is 12.4. The molecule has 0 aromatic carbocycles. The van der Waals surface area contributed by atoms with E-state index in [-0.39, 0.29) is 30.0 Å². The highest BCUT2D eigenvalue weighted by molar-refractivity contribution is 5.93. The van der Waals surface area contributed by atoms with Gasteiger partial charge in [0.1, 0.15) is 29.3 Å². The van der Waals surface area contributed by atoms with Crippen LogP contribution in [0.25, 0.3) is 0 Å². The molecule has 4 heterocycles. The van der Waals surface area contributed by atoms with Crippen LogP contribution in [0.15, 0.2) is 46.4 Å². The summed E-state index contributed by atoms with van der Waals surface area (Å²) in [4.78, 5) is 24.7. The number of fused-ring (bicyclic) bond motifs is 5. The van der Waals surface area contributed by atoms with Crippen LogP contribution in [0, 0.1) is 5.92 Å². The van der Waals surface area contributed by atoms with Crippen LogP contribution >= 0.6 is 0 Å². The van der Waals surface area contributed by atoms with Gasteiger partial charge < -0.3 is 18.6 Å². The van der Waals surface area contributed by atoms with Gasteiger partial charge in [-0.25, -0.2) is 9.59 Å². The van der Waals surface area contributed by atoms with Gasteiger partial charge in [0.15, 0.2) is 0 Å². The average molecular weight is 370 g/mol. The van der Waals surface area contributed by atoms with E-state index in [2.05, 4.69) is 13.2 Å². The number of furan rings is 1. The molecule has 0 spiro atoms. The number of hydrogen-bond acceptors (Lipinski definition) is 6. The minimum Gasteiger partial charge on any atom is -0.465 e. The molecule has 4 bridgehead atoms. The zero-order valence-electron chi connectivity index (χ0n) is 15.6. The van der Waals surface area contributed by atoms with E-state index in [0.717, 1.165) is 11.1 Å². The topological polar surface area (TPSA) is 78.3 Å². The molecule has 6 heteroatoms. The molecule has 6 nitrogen and oxygen atoms in total. The SMILES string of the molecule is C=C(C)[C@H]1Cc2oc(cc2C(=O)OC)[C@H](C(=C)C)[C@H]2C=C(C(=O)O2)[C@@H]2O[C@@H]12. The Bertz CT molecular complexity index is 888. The lowest BCUT2D eigenvalue weighted by Crippen LogP contribution is -2.20. The Kier molecular flexibility index (Phi) is 4.11. The molecular weight excluding hydrogens is 348 g/mol. The number of esters is 2. The molecule has 0 amide bonds. The summed E-state index contributed by atoms with van der Waals surface area (Å²) >= 11 is 0. The minimum absolute atomic E-state index is 0.0912. The second-order valence-corrected chi connectivity index (χ2v) is 7.47. The molecule has 3 aliphatic heterocycles. The molecule has 0 aliphatic carbocycles. The van der Waals surface area contributed by atoms with Crippen molar-refractivity contribution >= 4 is 11.9 Å². The summed E-state index contributed by atoms with van der Waals surface area (Å²) in [6.45, 7) is 11.8. The first-order valence-corrected chi connectivity index (χ1v) is 8.91. The van der Waals surface area contributed by atoms with Crippen molar-refractivity contribution in [3.63, 3.8) is 0 Å². The molecule has 0 radical (unpaired) electrons. The summed E-state index contributed by atoms with van der Waals surface area (Å²) in [7, 11) is 1.34. The van der Waals surface area contributed by atoms with Crippen molar-refractivity contribution < 1.29 is 28.2 Å². The van der Waals surface area contributed by atoms with Crippen LogP contribution in [0.5, 0.6) is 0 Å². The first kappa shape index (κ1) is 17.8. The Morgan fingerprint density at radius 1 is 1.26 bits per heavy atom. The average Bonchev–Trinajstić information content (AvgIpc) is 3.12. The second-order valence-electron chi connectivity index (χ2n) is 7.47. The summed E-state index contributed by atoms with van der Waals surface area (Å²) < 4.78 is 22.4. The molecule has 3 aliphatic rings. The van der Waals surface area contributed by atoms with Gasteiger partial charge in [0, 0.05) is 12.3 Å². The van der Waals surface area contributed by atoms with Crippen molar-refractivity contribution in [2.45, 2.75) is 44.5 Å².